The van der Waals surface area contributed by atoms with Crippen LogP contribution in [0.4, 0.5) is 4.39 Å². The zero-order valence-corrected chi connectivity index (χ0v) is 13.2. The van der Waals surface area contributed by atoms with Crippen molar-refractivity contribution in [3.05, 3.63) is 63.4 Å². The van der Waals surface area contributed by atoms with Gasteiger partial charge in [-0.25, -0.2) is 4.39 Å². The molecule has 0 fully saturated rings. The molecule has 2 aromatic rings. The molecule has 2 rings (SSSR count). The smallest absolute Gasteiger partial charge is 0.127 e. The van der Waals surface area contributed by atoms with Gasteiger partial charge in [-0.1, -0.05) is 23.7 Å². The third kappa shape index (κ3) is 3.36. The molecule has 0 aliphatic carbocycles. The maximum atomic E-state index is 13.9. The van der Waals surface area contributed by atoms with E-state index < -0.39 is 0 Å². The van der Waals surface area contributed by atoms with Crippen LogP contribution in [0.25, 0.3) is 0 Å². The lowest BCUT2D eigenvalue weighted by Crippen LogP contribution is -2.17. The molecule has 0 amide bonds. The van der Waals surface area contributed by atoms with Gasteiger partial charge < -0.3 is 10.5 Å². The first kappa shape index (κ1) is 15.8. The van der Waals surface area contributed by atoms with E-state index in [0.29, 0.717) is 17.0 Å². The number of ether oxygens (including phenoxy) is 1. The van der Waals surface area contributed by atoms with Crippen LogP contribution < -0.4 is 10.5 Å². The maximum absolute atomic E-state index is 13.9. The molecule has 0 spiro atoms. The van der Waals surface area contributed by atoms with Gasteiger partial charge in [-0.05, 0) is 49.6 Å². The van der Waals surface area contributed by atoms with Gasteiger partial charge in [0.25, 0.3) is 0 Å². The molecule has 0 saturated carbocycles. The van der Waals surface area contributed by atoms with E-state index in [1.165, 1.54) is 6.07 Å². The Bertz CT molecular complexity index is 637. The van der Waals surface area contributed by atoms with E-state index in [2.05, 4.69) is 0 Å². The molecular formula is C17H19ClFNO. The van der Waals surface area contributed by atoms with Crippen LogP contribution in [0.2, 0.25) is 5.02 Å². The van der Waals surface area contributed by atoms with Gasteiger partial charge in [-0.2, -0.15) is 0 Å². The summed E-state index contributed by atoms with van der Waals surface area (Å²) in [5.74, 6) is 0.397. The summed E-state index contributed by atoms with van der Waals surface area (Å²) in [5.41, 5.74) is 9.75. The van der Waals surface area contributed by atoms with Gasteiger partial charge in [0.05, 0.1) is 7.11 Å². The molecule has 0 saturated heterocycles. The fraction of sp³-hybridized carbons (Fsp3) is 0.294. The van der Waals surface area contributed by atoms with Crippen molar-refractivity contribution in [2.75, 3.05) is 7.11 Å². The third-order valence-electron chi connectivity index (χ3n) is 3.57. The molecule has 0 bridgehead atoms. The molecule has 112 valence electrons. The second-order valence-electron chi connectivity index (χ2n) is 5.21. The third-order valence-corrected chi connectivity index (χ3v) is 3.92. The number of benzene rings is 2. The van der Waals surface area contributed by atoms with Crippen molar-refractivity contribution in [1.29, 1.82) is 0 Å². The lowest BCUT2D eigenvalue weighted by Gasteiger charge is -2.20. The van der Waals surface area contributed by atoms with Crippen LogP contribution in [-0.4, -0.2) is 7.11 Å². The predicted molar refractivity (Wildman–Crippen MR) is 84.5 cm³/mol. The first-order valence-electron chi connectivity index (χ1n) is 6.77. The molecule has 0 aliphatic rings. The largest absolute Gasteiger partial charge is 0.496 e. The van der Waals surface area contributed by atoms with Gasteiger partial charge in [0.1, 0.15) is 11.6 Å². The van der Waals surface area contributed by atoms with Crippen molar-refractivity contribution in [1.82, 2.24) is 0 Å². The molecule has 1 atom stereocenters. The summed E-state index contributed by atoms with van der Waals surface area (Å²) < 4.78 is 19.3. The molecule has 1 unspecified atom stereocenters. The highest BCUT2D eigenvalue weighted by Crippen LogP contribution is 2.32. The summed E-state index contributed by atoms with van der Waals surface area (Å²) in [5, 5.41) is 0.397. The summed E-state index contributed by atoms with van der Waals surface area (Å²) in [6, 6.07) is 8.25. The topological polar surface area (TPSA) is 35.2 Å². The molecule has 2 nitrogen and oxygen atoms in total. The normalized spacial score (nSPS) is 12.3. The minimum atomic E-state index is -0.380. The quantitative estimate of drug-likeness (QED) is 0.911. The Morgan fingerprint density at radius 3 is 2.62 bits per heavy atom. The summed E-state index contributed by atoms with van der Waals surface area (Å²) in [6.45, 7) is 3.98. The Morgan fingerprint density at radius 2 is 2.00 bits per heavy atom. The Kier molecular flexibility index (Phi) is 4.86. The number of hydrogen-bond donors (Lipinski definition) is 1. The van der Waals surface area contributed by atoms with E-state index in [-0.39, 0.29) is 11.9 Å². The average molecular weight is 308 g/mol. The molecule has 4 heteroatoms. The minimum Gasteiger partial charge on any atom is -0.496 e. The maximum Gasteiger partial charge on any atom is 0.127 e. The van der Waals surface area contributed by atoms with Crippen molar-refractivity contribution >= 4 is 11.6 Å². The average Bonchev–Trinajstić information content (AvgIpc) is 2.41. The Labute approximate surface area is 129 Å². The Morgan fingerprint density at radius 1 is 1.29 bits per heavy atom. The van der Waals surface area contributed by atoms with Crippen LogP contribution in [-0.2, 0) is 6.42 Å². The number of methoxy groups -OCH3 is 1. The molecule has 2 N–H and O–H groups in total. The highest BCUT2D eigenvalue weighted by Gasteiger charge is 2.19. The first-order valence-corrected chi connectivity index (χ1v) is 7.15. The van der Waals surface area contributed by atoms with Crippen LogP contribution in [0.3, 0.4) is 0 Å². The van der Waals surface area contributed by atoms with Crippen molar-refractivity contribution < 1.29 is 9.13 Å². The highest BCUT2D eigenvalue weighted by molar-refractivity contribution is 6.31. The molecule has 0 radical (unpaired) electrons. The summed E-state index contributed by atoms with van der Waals surface area (Å²) >= 11 is 6.07. The van der Waals surface area contributed by atoms with Crippen molar-refractivity contribution in [3.8, 4) is 5.75 Å². The van der Waals surface area contributed by atoms with Gasteiger partial charge in [-0.3, -0.25) is 0 Å². The van der Waals surface area contributed by atoms with E-state index in [1.807, 2.05) is 26.0 Å². The summed E-state index contributed by atoms with van der Waals surface area (Å²) in [4.78, 5) is 0. The van der Waals surface area contributed by atoms with Crippen LogP contribution in [0.15, 0.2) is 30.3 Å². The second-order valence-corrected chi connectivity index (χ2v) is 5.62. The lowest BCUT2D eigenvalue weighted by atomic mass is 9.93. The number of nitrogens with two attached hydrogens (primary N) is 1. The molecule has 0 heterocycles. The fourth-order valence-electron chi connectivity index (χ4n) is 2.63. The van der Waals surface area contributed by atoms with Crippen molar-refractivity contribution in [2.24, 2.45) is 5.73 Å². The van der Waals surface area contributed by atoms with Gasteiger partial charge in [0.15, 0.2) is 0 Å². The zero-order valence-electron chi connectivity index (χ0n) is 12.4. The number of aryl methyl sites for hydroxylation is 2. The van der Waals surface area contributed by atoms with Crippen LogP contribution in [0, 0.1) is 19.7 Å². The van der Waals surface area contributed by atoms with Crippen LogP contribution in [0.5, 0.6) is 5.75 Å². The SMILES string of the molecule is COc1cc(C)cc(C)c1C(N)Cc1c(F)cccc1Cl. The number of hydrogen-bond acceptors (Lipinski definition) is 2. The molecule has 0 aromatic heterocycles. The van der Waals surface area contributed by atoms with Gasteiger partial charge in [-0.15, -0.1) is 0 Å². The summed E-state index contributed by atoms with van der Waals surface area (Å²) in [7, 11) is 1.61. The fourth-order valence-corrected chi connectivity index (χ4v) is 2.87. The van der Waals surface area contributed by atoms with E-state index in [9.17, 15) is 4.39 Å². The number of rotatable bonds is 4. The minimum absolute atomic E-state index is 0.325. The molecule has 21 heavy (non-hydrogen) atoms. The van der Waals surface area contributed by atoms with E-state index in [1.54, 1.807) is 19.2 Å². The summed E-state index contributed by atoms with van der Waals surface area (Å²) in [6.07, 6.45) is 0.325. The standard InChI is InChI=1S/C17H19ClFNO/c1-10-7-11(2)17(16(8-10)21-3)15(20)9-12-13(18)5-4-6-14(12)19/h4-8,15H,9,20H2,1-3H3. The highest BCUT2D eigenvalue weighted by atomic mass is 35.5. The lowest BCUT2D eigenvalue weighted by molar-refractivity contribution is 0.404. The monoisotopic (exact) mass is 307 g/mol. The van der Waals surface area contributed by atoms with E-state index >= 15 is 0 Å². The second kappa shape index (κ2) is 6.46. The molecule has 2 aromatic carbocycles. The molecular weight excluding hydrogens is 289 g/mol. The van der Waals surface area contributed by atoms with Crippen LogP contribution in [0.1, 0.15) is 28.3 Å². The Hall–Kier alpha value is -1.58. The Balaban J connectivity index is 2.39. The first-order chi connectivity index (χ1) is 9.93. The van der Waals surface area contributed by atoms with Gasteiger partial charge in [0.2, 0.25) is 0 Å². The van der Waals surface area contributed by atoms with Crippen molar-refractivity contribution in [3.63, 3.8) is 0 Å². The molecule has 0 aliphatic heterocycles. The van der Waals surface area contributed by atoms with Gasteiger partial charge in [0, 0.05) is 22.2 Å². The van der Waals surface area contributed by atoms with E-state index in [0.717, 1.165) is 22.4 Å². The van der Waals surface area contributed by atoms with Gasteiger partial charge >= 0.3 is 0 Å². The van der Waals surface area contributed by atoms with E-state index in [4.69, 9.17) is 22.1 Å². The van der Waals surface area contributed by atoms with Crippen LogP contribution >= 0.6 is 11.6 Å². The predicted octanol–water partition coefficient (Wildman–Crippen LogP) is 4.35. The zero-order chi connectivity index (χ0) is 15.6. The van der Waals surface area contributed by atoms with Crippen molar-refractivity contribution in [2.45, 2.75) is 26.3 Å². The number of halogens is 2.